The molecule has 1 aliphatic rings. The molecule has 0 bridgehead atoms. The number of aliphatic imine (C=N–C) groups is 1. The lowest BCUT2D eigenvalue weighted by atomic mass is 9.92. The Morgan fingerprint density at radius 3 is 1.94 bits per heavy atom. The Hall–Kier alpha value is -5.50. The van der Waals surface area contributed by atoms with Crippen molar-refractivity contribution in [3.05, 3.63) is 29.8 Å². The van der Waals surface area contributed by atoms with Crippen LogP contribution in [0.2, 0.25) is 0 Å². The fourth-order valence-electron chi connectivity index (χ4n) is 4.94. The number of carbonyl (C=O) groups is 7. The zero-order valence-electron chi connectivity index (χ0n) is 27.4. The van der Waals surface area contributed by atoms with Crippen molar-refractivity contribution in [1.82, 2.24) is 26.6 Å². The summed E-state index contributed by atoms with van der Waals surface area (Å²) in [4.78, 5) is 93.7. The highest BCUT2D eigenvalue weighted by molar-refractivity contribution is 5.98. The third kappa shape index (κ3) is 13.5. The predicted molar refractivity (Wildman–Crippen MR) is 177 cm³/mol. The van der Waals surface area contributed by atoms with Crippen LogP contribution in [0.25, 0.3) is 0 Å². The van der Waals surface area contributed by atoms with Crippen LogP contribution >= 0.6 is 0 Å². The second kappa shape index (κ2) is 19.5. The number of guanidine groups is 1. The van der Waals surface area contributed by atoms with Gasteiger partial charge in [-0.3, -0.25) is 38.6 Å². The maximum absolute atomic E-state index is 13.8. The van der Waals surface area contributed by atoms with E-state index in [4.69, 9.17) is 22.9 Å². The number of aliphatic carboxylic acids is 2. The maximum Gasteiger partial charge on any atom is 0.324 e. The van der Waals surface area contributed by atoms with Crippen LogP contribution in [0.5, 0.6) is 5.75 Å². The van der Waals surface area contributed by atoms with Gasteiger partial charge < -0.3 is 64.8 Å². The molecule has 5 atom stereocenters. The molecule has 1 aromatic carbocycles. The van der Waals surface area contributed by atoms with Crippen molar-refractivity contribution in [3.63, 3.8) is 0 Å². The lowest BCUT2D eigenvalue weighted by molar-refractivity contribution is -0.143. The van der Waals surface area contributed by atoms with Gasteiger partial charge in [0.1, 0.15) is 35.5 Å². The molecular formula is C30H46N10O10. The second-order valence-corrected chi connectivity index (χ2v) is 11.8. The maximum atomic E-state index is 13.8. The second-order valence-electron chi connectivity index (χ2n) is 11.8. The highest BCUT2D eigenvalue weighted by atomic mass is 16.4. The van der Waals surface area contributed by atoms with Crippen LogP contribution in [0.4, 0.5) is 0 Å². The Morgan fingerprint density at radius 1 is 0.800 bits per heavy atom. The summed E-state index contributed by atoms with van der Waals surface area (Å²) in [6.45, 7) is -0.943. The minimum atomic E-state index is -1.72. The Kier molecular flexibility index (Phi) is 15.9. The molecule has 1 aliphatic heterocycles. The highest BCUT2D eigenvalue weighted by Gasteiger charge is 2.34. The van der Waals surface area contributed by atoms with Crippen molar-refractivity contribution in [2.45, 2.75) is 81.1 Å². The molecular weight excluding hydrogens is 660 g/mol. The number of aromatic hydroxyl groups is 1. The fraction of sp³-hybridized carbons (Fsp3) is 0.533. The summed E-state index contributed by atoms with van der Waals surface area (Å²) in [6, 6.07) is -0.00535. The molecule has 0 aliphatic carbocycles. The van der Waals surface area contributed by atoms with E-state index in [-0.39, 0.29) is 69.7 Å². The molecule has 1 fully saturated rings. The molecule has 5 amide bonds. The lowest BCUT2D eigenvalue weighted by Gasteiger charge is -2.26. The van der Waals surface area contributed by atoms with Crippen LogP contribution < -0.4 is 49.5 Å². The Morgan fingerprint density at radius 2 is 1.36 bits per heavy atom. The van der Waals surface area contributed by atoms with Gasteiger partial charge in [0, 0.05) is 19.5 Å². The normalized spacial score (nSPS) is 21.8. The van der Waals surface area contributed by atoms with Gasteiger partial charge in [0.15, 0.2) is 5.96 Å². The molecule has 0 radical (unpaired) electrons. The lowest BCUT2D eigenvalue weighted by Crippen LogP contribution is -2.58. The number of phenolic OH excluding ortho intramolecular Hbond substituents is 1. The Bertz CT molecular complexity index is 1420. The van der Waals surface area contributed by atoms with Gasteiger partial charge in [-0.2, -0.15) is 0 Å². The zero-order valence-corrected chi connectivity index (χ0v) is 27.4. The number of hydrogen-bond acceptors (Lipinski definition) is 11. The van der Waals surface area contributed by atoms with E-state index in [0.717, 1.165) is 0 Å². The van der Waals surface area contributed by atoms with Crippen LogP contribution in [0.3, 0.4) is 0 Å². The van der Waals surface area contributed by atoms with E-state index < -0.39 is 84.1 Å². The van der Waals surface area contributed by atoms with Gasteiger partial charge in [0.2, 0.25) is 29.5 Å². The number of carbonyl (C=O) groups excluding carboxylic acids is 5. The molecule has 0 spiro atoms. The summed E-state index contributed by atoms with van der Waals surface area (Å²) >= 11 is 0. The smallest absolute Gasteiger partial charge is 0.324 e. The van der Waals surface area contributed by atoms with Crippen LogP contribution in [-0.4, -0.2) is 112 Å². The van der Waals surface area contributed by atoms with Gasteiger partial charge in [-0.1, -0.05) is 25.0 Å². The number of carboxylic acid groups (broad SMARTS) is 2. The first-order valence-electron chi connectivity index (χ1n) is 15.8. The van der Waals surface area contributed by atoms with Gasteiger partial charge in [0.25, 0.3) is 0 Å². The number of amides is 5. The fourth-order valence-corrected chi connectivity index (χ4v) is 4.94. The number of hydrogen-bond donors (Lipinski definition) is 12. The van der Waals surface area contributed by atoms with E-state index in [1.54, 1.807) is 0 Å². The molecule has 2 rings (SSSR count). The van der Waals surface area contributed by atoms with Crippen LogP contribution in [-0.2, 0) is 40.0 Å². The molecule has 1 unspecified atom stereocenters. The van der Waals surface area contributed by atoms with E-state index in [1.807, 2.05) is 0 Å². The molecule has 16 N–H and O–H groups in total. The zero-order chi connectivity index (χ0) is 37.4. The number of nitrogens with one attached hydrogen (secondary N) is 5. The molecule has 276 valence electrons. The minimum absolute atomic E-state index is 0.00734. The number of rotatable bonds is 15. The number of unbranched alkanes of at least 4 members (excludes halogenated alkanes) is 1. The summed E-state index contributed by atoms with van der Waals surface area (Å²) in [5.41, 5.74) is 20.9. The van der Waals surface area contributed by atoms with Crippen LogP contribution in [0.15, 0.2) is 29.3 Å². The number of phenols is 1. The van der Waals surface area contributed by atoms with Crippen LogP contribution in [0, 0.1) is 0 Å². The largest absolute Gasteiger partial charge is 0.508 e. The summed E-state index contributed by atoms with van der Waals surface area (Å²) in [6.07, 6.45) is -0.619. The average Bonchev–Trinajstić information content (AvgIpc) is 3.05. The van der Waals surface area contributed by atoms with Gasteiger partial charge in [-0.05, 0) is 43.4 Å². The number of benzene rings is 1. The molecule has 50 heavy (non-hydrogen) atoms. The minimum Gasteiger partial charge on any atom is -0.508 e. The third-order valence-corrected chi connectivity index (χ3v) is 7.83. The molecule has 0 saturated carbocycles. The predicted octanol–water partition coefficient (Wildman–Crippen LogP) is -4.17. The standard InChI is InChI=1S/C30H46N10O10/c31-15-30(34,28(49)50)10-2-1-4-19-25(46)38-18(5-3-11-35-29(32)33)24(45)36-14-22(42)37-21(13-23(43)44)27(48)40-20(26(47)39-19)12-16-6-8-17(41)9-7-16/h6-9,18-21,41H,1-5,10-15,31,34H2,(H,36,45)(H,37,42)(H,38,46)(H,39,47)(H,40,48)(H,43,44)(H,49,50)(H4,32,33,35)/t18-,19-,20+,21-,30?/m0/s1. The number of nitrogens with two attached hydrogens (primary N) is 4. The molecule has 20 heteroatoms. The first-order chi connectivity index (χ1) is 23.5. The van der Waals surface area contributed by atoms with Gasteiger partial charge in [-0.25, -0.2) is 0 Å². The van der Waals surface area contributed by atoms with Crippen molar-refractivity contribution in [2.24, 2.45) is 27.9 Å². The first kappa shape index (κ1) is 40.7. The monoisotopic (exact) mass is 706 g/mol. The van der Waals surface area contributed by atoms with Crippen molar-refractivity contribution >= 4 is 47.4 Å². The van der Waals surface area contributed by atoms with Gasteiger partial charge >= 0.3 is 11.9 Å². The van der Waals surface area contributed by atoms with E-state index in [0.29, 0.717) is 5.56 Å². The quantitative estimate of drug-likeness (QED) is 0.0468. The summed E-state index contributed by atoms with van der Waals surface area (Å²) in [5.74, 6) is -7.47. The third-order valence-electron chi connectivity index (χ3n) is 7.83. The molecule has 0 aromatic heterocycles. The first-order valence-corrected chi connectivity index (χ1v) is 15.8. The van der Waals surface area contributed by atoms with Gasteiger partial charge in [0.05, 0.1) is 13.0 Å². The molecule has 1 saturated heterocycles. The number of carboxylic acids is 2. The summed E-state index contributed by atoms with van der Waals surface area (Å²) in [7, 11) is 0. The Labute approximate surface area is 287 Å². The van der Waals surface area contributed by atoms with Crippen molar-refractivity contribution < 1.29 is 48.9 Å². The average molecular weight is 707 g/mol. The van der Waals surface area contributed by atoms with Gasteiger partial charge in [-0.15, -0.1) is 0 Å². The topological polar surface area (TPSA) is 357 Å². The van der Waals surface area contributed by atoms with E-state index in [1.165, 1.54) is 24.3 Å². The SMILES string of the molecule is NCC(N)(CCCC[C@@H]1NC(=O)[C@@H](Cc2ccc(O)cc2)NC(=O)[C@H](CC(=O)O)NC(=O)CNC(=O)[C@H](CCCN=C(N)N)NC1=O)C(=O)O. The van der Waals surface area contributed by atoms with Crippen molar-refractivity contribution in [2.75, 3.05) is 19.6 Å². The van der Waals surface area contributed by atoms with Crippen LogP contribution in [0.1, 0.15) is 50.5 Å². The Balaban J connectivity index is 2.49. The van der Waals surface area contributed by atoms with E-state index >= 15 is 0 Å². The number of nitrogens with zero attached hydrogens (tertiary/aromatic N) is 1. The summed E-state index contributed by atoms with van der Waals surface area (Å²) < 4.78 is 0. The molecule has 1 aromatic rings. The highest BCUT2D eigenvalue weighted by Crippen LogP contribution is 2.15. The summed E-state index contributed by atoms with van der Waals surface area (Å²) in [5, 5.41) is 40.7. The van der Waals surface area contributed by atoms with Crippen molar-refractivity contribution in [1.29, 1.82) is 0 Å². The molecule has 1 heterocycles. The molecule has 20 nitrogen and oxygen atoms in total. The van der Waals surface area contributed by atoms with Crippen molar-refractivity contribution in [3.8, 4) is 5.75 Å². The van der Waals surface area contributed by atoms with E-state index in [9.17, 15) is 48.9 Å². The van der Waals surface area contributed by atoms with E-state index in [2.05, 4.69) is 31.6 Å².